The maximum atomic E-state index is 6.28. The van der Waals surface area contributed by atoms with E-state index >= 15 is 0 Å². The maximum Gasteiger partial charge on any atom is 0.0639 e. The zero-order valence-electron chi connectivity index (χ0n) is 10.1. The van der Waals surface area contributed by atoms with Crippen molar-refractivity contribution in [2.24, 2.45) is 0 Å². The van der Waals surface area contributed by atoms with Gasteiger partial charge in [-0.3, -0.25) is 4.90 Å². The number of anilines is 1. The lowest BCUT2D eigenvalue weighted by atomic mass is 9.99. The monoisotopic (exact) mass is 250 g/mol. The molecule has 0 amide bonds. The molecule has 2 nitrogen and oxygen atoms in total. The van der Waals surface area contributed by atoms with Crippen molar-refractivity contribution in [2.45, 2.75) is 25.3 Å². The molecule has 2 aliphatic heterocycles. The quantitative estimate of drug-likeness (QED) is 0.756. The zero-order valence-corrected chi connectivity index (χ0v) is 10.9. The molecule has 1 atom stereocenters. The fourth-order valence-electron chi connectivity index (χ4n) is 3.08. The van der Waals surface area contributed by atoms with Gasteiger partial charge in [0.2, 0.25) is 0 Å². The largest absolute Gasteiger partial charge is 0.367 e. The minimum atomic E-state index is 0.744. The van der Waals surface area contributed by atoms with Crippen LogP contribution in [-0.2, 0) is 0 Å². The van der Waals surface area contributed by atoms with Crippen molar-refractivity contribution >= 4 is 17.3 Å². The van der Waals surface area contributed by atoms with Gasteiger partial charge in [0.25, 0.3) is 0 Å². The molecule has 0 spiro atoms. The summed E-state index contributed by atoms with van der Waals surface area (Å²) in [6.07, 6.45) is 4.11. The standard InChI is InChI=1S/C14H19ClN2/c15-13-6-1-2-7-14(13)17-10-9-16-8-4-3-5-12(16)11-17/h1-2,6-7,12H,3-5,8-11H2. The smallest absolute Gasteiger partial charge is 0.0639 e. The molecule has 0 bridgehead atoms. The molecule has 92 valence electrons. The minimum absolute atomic E-state index is 0.744. The number of hydrogen-bond acceptors (Lipinski definition) is 2. The Bertz CT molecular complexity index is 394. The van der Waals surface area contributed by atoms with Gasteiger partial charge in [-0.05, 0) is 31.5 Å². The van der Waals surface area contributed by atoms with E-state index in [1.807, 2.05) is 12.1 Å². The highest BCUT2D eigenvalue weighted by molar-refractivity contribution is 6.33. The van der Waals surface area contributed by atoms with Crippen molar-refractivity contribution < 1.29 is 0 Å². The van der Waals surface area contributed by atoms with Crippen LogP contribution in [-0.4, -0.2) is 37.1 Å². The first-order chi connectivity index (χ1) is 8.34. The third-order valence-electron chi connectivity index (χ3n) is 4.03. The molecular weight excluding hydrogens is 232 g/mol. The van der Waals surface area contributed by atoms with Gasteiger partial charge in [0.15, 0.2) is 0 Å². The van der Waals surface area contributed by atoms with Gasteiger partial charge in [-0.2, -0.15) is 0 Å². The molecule has 0 aliphatic carbocycles. The van der Waals surface area contributed by atoms with E-state index in [1.54, 1.807) is 0 Å². The second-order valence-electron chi connectivity index (χ2n) is 5.08. The molecule has 0 aromatic heterocycles. The number of rotatable bonds is 1. The molecule has 2 heterocycles. The lowest BCUT2D eigenvalue weighted by molar-refractivity contribution is 0.133. The van der Waals surface area contributed by atoms with Crippen molar-refractivity contribution in [3.63, 3.8) is 0 Å². The van der Waals surface area contributed by atoms with Gasteiger partial charge >= 0.3 is 0 Å². The van der Waals surface area contributed by atoms with Crippen LogP contribution in [0.15, 0.2) is 24.3 Å². The number of halogens is 1. The summed E-state index contributed by atoms with van der Waals surface area (Å²) >= 11 is 6.28. The Morgan fingerprint density at radius 2 is 1.94 bits per heavy atom. The molecule has 0 radical (unpaired) electrons. The van der Waals surface area contributed by atoms with Crippen LogP contribution in [0, 0.1) is 0 Å². The van der Waals surface area contributed by atoms with Crippen molar-refractivity contribution in [3.8, 4) is 0 Å². The zero-order chi connectivity index (χ0) is 11.7. The highest BCUT2D eigenvalue weighted by Gasteiger charge is 2.29. The SMILES string of the molecule is Clc1ccccc1N1CCN2CCCCC2C1. The Morgan fingerprint density at radius 3 is 2.82 bits per heavy atom. The van der Waals surface area contributed by atoms with Crippen molar-refractivity contribution in [1.82, 2.24) is 4.90 Å². The van der Waals surface area contributed by atoms with E-state index in [4.69, 9.17) is 11.6 Å². The maximum absolute atomic E-state index is 6.28. The summed E-state index contributed by atoms with van der Waals surface area (Å²) < 4.78 is 0. The Balaban J connectivity index is 1.76. The van der Waals surface area contributed by atoms with E-state index in [-0.39, 0.29) is 0 Å². The number of piperazine rings is 1. The van der Waals surface area contributed by atoms with Crippen molar-refractivity contribution in [1.29, 1.82) is 0 Å². The fourth-order valence-corrected chi connectivity index (χ4v) is 3.34. The first-order valence-corrected chi connectivity index (χ1v) is 6.96. The topological polar surface area (TPSA) is 6.48 Å². The van der Waals surface area contributed by atoms with E-state index in [1.165, 1.54) is 38.0 Å². The Morgan fingerprint density at radius 1 is 1.06 bits per heavy atom. The fraction of sp³-hybridized carbons (Fsp3) is 0.571. The second kappa shape index (κ2) is 4.87. The van der Waals surface area contributed by atoms with Gasteiger partial charge in [0.05, 0.1) is 10.7 Å². The van der Waals surface area contributed by atoms with Crippen LogP contribution in [0.2, 0.25) is 5.02 Å². The van der Waals surface area contributed by atoms with Gasteiger partial charge in [-0.15, -0.1) is 0 Å². The van der Waals surface area contributed by atoms with E-state index in [2.05, 4.69) is 21.9 Å². The average molecular weight is 251 g/mol. The summed E-state index contributed by atoms with van der Waals surface area (Å²) in [5.41, 5.74) is 1.21. The summed E-state index contributed by atoms with van der Waals surface area (Å²) in [5.74, 6) is 0. The first-order valence-electron chi connectivity index (χ1n) is 6.58. The van der Waals surface area contributed by atoms with E-state index in [0.29, 0.717) is 0 Å². The third-order valence-corrected chi connectivity index (χ3v) is 4.35. The van der Waals surface area contributed by atoms with Gasteiger partial charge < -0.3 is 4.90 Å². The van der Waals surface area contributed by atoms with Gasteiger partial charge in [-0.1, -0.05) is 30.2 Å². The number of benzene rings is 1. The molecule has 3 heteroatoms. The van der Waals surface area contributed by atoms with Crippen LogP contribution >= 0.6 is 11.6 Å². The molecule has 1 aromatic rings. The summed E-state index contributed by atoms with van der Waals surface area (Å²) in [5, 5.41) is 0.886. The normalized spacial score (nSPS) is 25.7. The van der Waals surface area contributed by atoms with Gasteiger partial charge in [-0.25, -0.2) is 0 Å². The van der Waals surface area contributed by atoms with Gasteiger partial charge in [0.1, 0.15) is 0 Å². The van der Waals surface area contributed by atoms with Crippen LogP contribution in [0.4, 0.5) is 5.69 Å². The molecule has 1 aromatic carbocycles. The van der Waals surface area contributed by atoms with E-state index in [0.717, 1.165) is 24.2 Å². The average Bonchev–Trinajstić information content (AvgIpc) is 2.39. The molecule has 1 unspecified atom stereocenters. The number of para-hydroxylation sites is 1. The lowest BCUT2D eigenvalue weighted by Crippen LogP contribution is -2.54. The van der Waals surface area contributed by atoms with Crippen molar-refractivity contribution in [2.75, 3.05) is 31.1 Å². The van der Waals surface area contributed by atoms with E-state index in [9.17, 15) is 0 Å². The molecule has 3 rings (SSSR count). The summed E-state index contributed by atoms with van der Waals surface area (Å²) in [6.45, 7) is 4.74. The Kier molecular flexibility index (Phi) is 3.26. The lowest BCUT2D eigenvalue weighted by Gasteiger charge is -2.45. The van der Waals surface area contributed by atoms with E-state index < -0.39 is 0 Å². The summed E-state index contributed by atoms with van der Waals surface area (Å²) in [7, 11) is 0. The molecule has 0 saturated carbocycles. The Labute approximate surface area is 108 Å². The number of piperidine rings is 1. The number of nitrogens with zero attached hydrogens (tertiary/aromatic N) is 2. The first kappa shape index (κ1) is 11.4. The molecular formula is C14H19ClN2. The van der Waals surface area contributed by atoms with Gasteiger partial charge in [0, 0.05) is 25.7 Å². The minimum Gasteiger partial charge on any atom is -0.367 e. The Hall–Kier alpha value is -0.730. The highest BCUT2D eigenvalue weighted by Crippen LogP contribution is 2.29. The summed E-state index contributed by atoms with van der Waals surface area (Å²) in [4.78, 5) is 5.10. The predicted molar refractivity (Wildman–Crippen MR) is 72.9 cm³/mol. The highest BCUT2D eigenvalue weighted by atomic mass is 35.5. The molecule has 0 N–H and O–H groups in total. The number of fused-ring (bicyclic) bond motifs is 1. The van der Waals surface area contributed by atoms with Crippen LogP contribution < -0.4 is 4.90 Å². The molecule has 17 heavy (non-hydrogen) atoms. The summed E-state index contributed by atoms with van der Waals surface area (Å²) in [6, 6.07) is 8.95. The second-order valence-corrected chi connectivity index (χ2v) is 5.49. The van der Waals surface area contributed by atoms with Crippen molar-refractivity contribution in [3.05, 3.63) is 29.3 Å². The molecule has 2 aliphatic rings. The van der Waals surface area contributed by atoms with Crippen LogP contribution in [0.1, 0.15) is 19.3 Å². The van der Waals surface area contributed by atoms with Crippen LogP contribution in [0.5, 0.6) is 0 Å². The molecule has 2 fully saturated rings. The van der Waals surface area contributed by atoms with Crippen LogP contribution in [0.25, 0.3) is 0 Å². The molecule has 2 saturated heterocycles. The number of hydrogen-bond donors (Lipinski definition) is 0. The van der Waals surface area contributed by atoms with Crippen LogP contribution in [0.3, 0.4) is 0 Å². The third kappa shape index (κ3) is 2.29. The predicted octanol–water partition coefficient (Wildman–Crippen LogP) is 3.01.